The summed E-state index contributed by atoms with van der Waals surface area (Å²) in [5.41, 5.74) is 0. The van der Waals surface area contributed by atoms with Gasteiger partial charge < -0.3 is 9.52 Å². The Morgan fingerprint density at radius 2 is 1.57 bits per heavy atom. The zero-order valence-electron chi connectivity index (χ0n) is 8.24. The van der Waals surface area contributed by atoms with Crippen LogP contribution in [0.15, 0.2) is 62.3 Å². The summed E-state index contributed by atoms with van der Waals surface area (Å²) in [5, 5.41) is 8.18. The molecule has 0 saturated heterocycles. The van der Waals surface area contributed by atoms with Gasteiger partial charge >= 0.3 is 5.97 Å². The Morgan fingerprint density at radius 3 is 1.71 bits per heavy atom. The molecular formula is C11H16O3. The monoisotopic (exact) mass is 196 g/mol. The van der Waals surface area contributed by atoms with Crippen LogP contribution in [-0.2, 0) is 0 Å². The second-order valence-corrected chi connectivity index (χ2v) is 1.28. The number of hydrogen-bond donors (Lipinski definition) is 1. The second-order valence-electron chi connectivity index (χ2n) is 1.28. The van der Waals surface area contributed by atoms with Gasteiger partial charge in [-0.3, -0.25) is 0 Å². The largest absolute Gasteiger partial charge is 0.475 e. The lowest BCUT2D eigenvalue weighted by atomic mass is 10.5. The van der Waals surface area contributed by atoms with Gasteiger partial charge in [0, 0.05) is 0 Å². The number of carboxylic acids is 1. The Hall–Kier alpha value is -2.03. The lowest BCUT2D eigenvalue weighted by Crippen LogP contribution is -1.90. The van der Waals surface area contributed by atoms with Gasteiger partial charge in [-0.05, 0) is 12.1 Å². The molecule has 1 aromatic heterocycles. The van der Waals surface area contributed by atoms with Crippen LogP contribution in [0.3, 0.4) is 0 Å². The molecule has 3 heteroatoms. The molecule has 0 bridgehead atoms. The summed E-state index contributed by atoms with van der Waals surface area (Å²) in [6.07, 6.45) is 1.32. The minimum Gasteiger partial charge on any atom is -0.475 e. The van der Waals surface area contributed by atoms with Crippen molar-refractivity contribution in [1.82, 2.24) is 0 Å². The van der Waals surface area contributed by atoms with E-state index in [0.29, 0.717) is 0 Å². The molecule has 0 amide bonds. The molecule has 0 unspecified atom stereocenters. The van der Waals surface area contributed by atoms with Gasteiger partial charge in [0.05, 0.1) is 6.26 Å². The molecule has 0 fully saturated rings. The standard InChI is InChI=1S/C5H4O3.3C2H4/c6-5(7)4-2-1-3-8-4;3*1-2/h1-3H,(H,6,7);3*1-2H2. The lowest BCUT2D eigenvalue weighted by Gasteiger charge is -1.79. The number of carbonyl (C=O) groups is 1. The fourth-order valence-electron chi connectivity index (χ4n) is 0.400. The van der Waals surface area contributed by atoms with Crippen LogP contribution in [0, 0.1) is 0 Å². The van der Waals surface area contributed by atoms with E-state index in [0.717, 1.165) is 0 Å². The molecule has 0 aliphatic heterocycles. The Bertz CT molecular complexity index is 210. The van der Waals surface area contributed by atoms with Crippen LogP contribution < -0.4 is 0 Å². The summed E-state index contributed by atoms with van der Waals surface area (Å²) >= 11 is 0. The van der Waals surface area contributed by atoms with Crippen molar-refractivity contribution in [2.24, 2.45) is 0 Å². The van der Waals surface area contributed by atoms with E-state index in [1.165, 1.54) is 18.4 Å². The quantitative estimate of drug-likeness (QED) is 0.700. The first-order valence-electron chi connectivity index (χ1n) is 3.57. The molecular weight excluding hydrogens is 180 g/mol. The van der Waals surface area contributed by atoms with Crippen LogP contribution >= 0.6 is 0 Å². The summed E-state index contributed by atoms with van der Waals surface area (Å²) in [7, 11) is 0. The fourth-order valence-corrected chi connectivity index (χ4v) is 0.400. The molecule has 0 aliphatic carbocycles. The average molecular weight is 196 g/mol. The Kier molecular flexibility index (Phi) is 22.0. The molecule has 1 heterocycles. The zero-order valence-corrected chi connectivity index (χ0v) is 8.24. The smallest absolute Gasteiger partial charge is 0.371 e. The van der Waals surface area contributed by atoms with Crippen molar-refractivity contribution in [2.75, 3.05) is 0 Å². The van der Waals surface area contributed by atoms with E-state index in [4.69, 9.17) is 5.11 Å². The molecule has 14 heavy (non-hydrogen) atoms. The van der Waals surface area contributed by atoms with Crippen molar-refractivity contribution in [3.05, 3.63) is 63.6 Å². The first-order chi connectivity index (χ1) is 6.80. The third kappa shape index (κ3) is 9.97. The molecule has 0 aliphatic rings. The molecule has 1 rings (SSSR count). The molecule has 0 radical (unpaired) electrons. The first-order valence-corrected chi connectivity index (χ1v) is 3.57. The van der Waals surface area contributed by atoms with Gasteiger partial charge in [0.25, 0.3) is 0 Å². The van der Waals surface area contributed by atoms with Gasteiger partial charge in [-0.15, -0.1) is 39.5 Å². The van der Waals surface area contributed by atoms with E-state index in [1.54, 1.807) is 0 Å². The number of rotatable bonds is 1. The highest BCUT2D eigenvalue weighted by Gasteiger charge is 2.01. The molecule has 0 aromatic carbocycles. The molecule has 78 valence electrons. The normalized spacial score (nSPS) is 6.00. The highest BCUT2D eigenvalue weighted by Crippen LogP contribution is 1.97. The van der Waals surface area contributed by atoms with Gasteiger partial charge in [-0.1, -0.05) is 0 Å². The van der Waals surface area contributed by atoms with Gasteiger partial charge in [-0.25, -0.2) is 4.79 Å². The Balaban J connectivity index is -0.000000174. The summed E-state index contributed by atoms with van der Waals surface area (Å²) in [6, 6.07) is 2.92. The van der Waals surface area contributed by atoms with E-state index in [9.17, 15) is 4.79 Å². The third-order valence-electron chi connectivity index (χ3n) is 0.732. The van der Waals surface area contributed by atoms with Crippen molar-refractivity contribution in [1.29, 1.82) is 0 Å². The maximum atomic E-state index is 9.97. The van der Waals surface area contributed by atoms with Crippen molar-refractivity contribution < 1.29 is 14.3 Å². The van der Waals surface area contributed by atoms with Gasteiger partial charge in [0.15, 0.2) is 0 Å². The lowest BCUT2D eigenvalue weighted by molar-refractivity contribution is 0.0662. The van der Waals surface area contributed by atoms with Crippen molar-refractivity contribution in [2.45, 2.75) is 0 Å². The minimum absolute atomic E-state index is 0.0231. The van der Waals surface area contributed by atoms with E-state index >= 15 is 0 Å². The van der Waals surface area contributed by atoms with Crippen molar-refractivity contribution in [3.8, 4) is 0 Å². The first kappa shape index (κ1) is 17.9. The fraction of sp³-hybridized carbons (Fsp3) is 0. The summed E-state index contributed by atoms with van der Waals surface area (Å²) < 4.78 is 4.50. The predicted octanol–water partition coefficient (Wildman–Crippen LogP) is 3.38. The number of hydrogen-bond acceptors (Lipinski definition) is 2. The minimum atomic E-state index is -1.03. The molecule has 0 saturated carbocycles. The molecule has 3 nitrogen and oxygen atoms in total. The predicted molar refractivity (Wildman–Crippen MR) is 59.4 cm³/mol. The highest BCUT2D eigenvalue weighted by atomic mass is 16.4. The highest BCUT2D eigenvalue weighted by molar-refractivity contribution is 5.84. The van der Waals surface area contributed by atoms with Crippen molar-refractivity contribution in [3.63, 3.8) is 0 Å². The van der Waals surface area contributed by atoms with Gasteiger partial charge in [0.1, 0.15) is 0 Å². The van der Waals surface area contributed by atoms with Crippen LogP contribution in [0.4, 0.5) is 0 Å². The Labute approximate surface area is 84.7 Å². The molecule has 0 spiro atoms. The Morgan fingerprint density at radius 1 is 1.14 bits per heavy atom. The molecule has 1 N–H and O–H groups in total. The zero-order chi connectivity index (χ0) is 12.0. The average Bonchev–Trinajstić information content (AvgIpc) is 2.80. The SMILES string of the molecule is C=C.C=C.C=C.O=C(O)c1ccco1. The maximum absolute atomic E-state index is 9.97. The van der Waals surface area contributed by atoms with Crippen molar-refractivity contribution >= 4 is 5.97 Å². The number of aromatic carboxylic acids is 1. The van der Waals surface area contributed by atoms with Gasteiger partial charge in [0.2, 0.25) is 5.76 Å². The van der Waals surface area contributed by atoms with E-state index in [2.05, 4.69) is 43.9 Å². The van der Waals surface area contributed by atoms with Crippen LogP contribution in [0.1, 0.15) is 10.6 Å². The van der Waals surface area contributed by atoms with E-state index in [-0.39, 0.29) is 5.76 Å². The van der Waals surface area contributed by atoms with E-state index < -0.39 is 5.97 Å². The van der Waals surface area contributed by atoms with E-state index in [1.807, 2.05) is 0 Å². The summed E-state index contributed by atoms with van der Waals surface area (Å²) in [6.45, 7) is 18.0. The van der Waals surface area contributed by atoms with Crippen LogP contribution in [0.5, 0.6) is 0 Å². The maximum Gasteiger partial charge on any atom is 0.371 e. The van der Waals surface area contributed by atoms with Crippen LogP contribution in [0.2, 0.25) is 0 Å². The second kappa shape index (κ2) is 17.2. The van der Waals surface area contributed by atoms with Crippen LogP contribution in [0.25, 0.3) is 0 Å². The summed E-state index contributed by atoms with van der Waals surface area (Å²) in [5.74, 6) is -1.06. The molecule has 1 aromatic rings. The molecule has 0 atom stereocenters. The van der Waals surface area contributed by atoms with Crippen LogP contribution in [-0.4, -0.2) is 11.1 Å². The number of carboxylic acid groups (broad SMARTS) is 1. The van der Waals surface area contributed by atoms with Gasteiger partial charge in [-0.2, -0.15) is 0 Å². The summed E-state index contributed by atoms with van der Waals surface area (Å²) in [4.78, 5) is 9.97. The third-order valence-corrected chi connectivity index (χ3v) is 0.732. The number of furan rings is 1. The topological polar surface area (TPSA) is 50.4 Å².